The molecule has 0 radical (unpaired) electrons. The predicted octanol–water partition coefficient (Wildman–Crippen LogP) is -0.335. The van der Waals surface area contributed by atoms with Gasteiger partial charge in [0.25, 0.3) is 0 Å². The van der Waals surface area contributed by atoms with Crippen molar-refractivity contribution in [3.63, 3.8) is 0 Å². The lowest BCUT2D eigenvalue weighted by Gasteiger charge is -2.18. The normalized spacial score (nSPS) is 27.8. The van der Waals surface area contributed by atoms with Gasteiger partial charge in [0.1, 0.15) is 12.0 Å². The van der Waals surface area contributed by atoms with Crippen molar-refractivity contribution in [2.45, 2.75) is 6.04 Å². The zero-order valence-electron chi connectivity index (χ0n) is 4.66. The summed E-state index contributed by atoms with van der Waals surface area (Å²) >= 11 is 1.28. The van der Waals surface area contributed by atoms with Crippen LogP contribution in [0.1, 0.15) is 0 Å². The number of hydrogen-bond donors (Lipinski definition) is 2. The summed E-state index contributed by atoms with van der Waals surface area (Å²) in [6.07, 6.45) is 0. The molecule has 52 valence electrons. The van der Waals surface area contributed by atoms with Gasteiger partial charge < -0.3 is 9.84 Å². The molecule has 0 spiro atoms. The Balaban J connectivity index is 2.31. The van der Waals surface area contributed by atoms with Gasteiger partial charge in [0.05, 0.1) is 6.61 Å². The van der Waals surface area contributed by atoms with Crippen LogP contribution in [0.15, 0.2) is 0 Å². The summed E-state index contributed by atoms with van der Waals surface area (Å²) in [4.78, 5) is 10.2. The molecule has 0 amide bonds. The first-order chi connectivity index (χ1) is 4.30. The molecule has 1 rings (SSSR count). The van der Waals surface area contributed by atoms with Crippen LogP contribution in [-0.4, -0.2) is 29.7 Å². The van der Waals surface area contributed by atoms with Crippen LogP contribution in [0.2, 0.25) is 0 Å². The highest BCUT2D eigenvalue weighted by Crippen LogP contribution is 2.04. The predicted molar refractivity (Wildman–Crippen MR) is 33.0 cm³/mol. The minimum absolute atomic E-state index is 0.266. The summed E-state index contributed by atoms with van der Waals surface area (Å²) in [6.45, 7) is 0.266. The Morgan fingerprint density at radius 1 is 1.89 bits per heavy atom. The number of carboxylic acid groups (broad SMARTS) is 1. The molecule has 9 heavy (non-hydrogen) atoms. The molecule has 1 aliphatic heterocycles. The largest absolute Gasteiger partial charge is 0.480 e. The van der Waals surface area contributed by atoms with Crippen LogP contribution in [0, 0.1) is 0 Å². The molecule has 0 aromatic carbocycles. The van der Waals surface area contributed by atoms with Crippen molar-refractivity contribution in [3.05, 3.63) is 0 Å². The first kappa shape index (κ1) is 6.85. The highest BCUT2D eigenvalue weighted by atomic mass is 32.2. The molecule has 1 atom stereocenters. The van der Waals surface area contributed by atoms with E-state index in [-0.39, 0.29) is 6.61 Å². The Kier molecular flexibility index (Phi) is 2.32. The van der Waals surface area contributed by atoms with E-state index in [1.54, 1.807) is 0 Å². The minimum atomic E-state index is -0.859. The van der Waals surface area contributed by atoms with E-state index in [9.17, 15) is 4.79 Å². The maximum Gasteiger partial charge on any atom is 0.323 e. The molecular weight excluding hydrogens is 142 g/mol. The summed E-state index contributed by atoms with van der Waals surface area (Å²) in [6, 6.07) is -0.538. The lowest BCUT2D eigenvalue weighted by molar-refractivity contribution is -0.140. The summed E-state index contributed by atoms with van der Waals surface area (Å²) in [5.41, 5.74) is 0. The van der Waals surface area contributed by atoms with Crippen LogP contribution in [0.3, 0.4) is 0 Å². The zero-order valence-corrected chi connectivity index (χ0v) is 5.48. The van der Waals surface area contributed by atoms with Gasteiger partial charge in [-0.15, -0.1) is 0 Å². The van der Waals surface area contributed by atoms with E-state index >= 15 is 0 Å². The third kappa shape index (κ3) is 1.85. The molecule has 1 saturated heterocycles. The molecule has 1 heterocycles. The molecule has 1 unspecified atom stereocenters. The second-order valence-electron chi connectivity index (χ2n) is 1.64. The third-order valence-corrected chi connectivity index (χ3v) is 1.69. The van der Waals surface area contributed by atoms with Crippen molar-refractivity contribution in [2.75, 3.05) is 12.5 Å². The van der Waals surface area contributed by atoms with Gasteiger partial charge in [0, 0.05) is 0 Å². The quantitative estimate of drug-likeness (QED) is 0.500. The number of nitrogens with one attached hydrogen (secondary N) is 1. The molecule has 1 aliphatic rings. The van der Waals surface area contributed by atoms with E-state index < -0.39 is 12.0 Å². The number of carboxylic acids is 1. The van der Waals surface area contributed by atoms with Gasteiger partial charge in [0.15, 0.2) is 0 Å². The van der Waals surface area contributed by atoms with Gasteiger partial charge in [-0.1, -0.05) is 11.9 Å². The van der Waals surface area contributed by atoms with E-state index in [0.717, 1.165) is 0 Å². The Bertz CT molecular complexity index is 112. The maximum atomic E-state index is 10.2. The number of carbonyl (C=O) groups is 1. The maximum absolute atomic E-state index is 10.2. The molecule has 5 heteroatoms. The molecule has 1 fully saturated rings. The second-order valence-corrected chi connectivity index (χ2v) is 2.40. The van der Waals surface area contributed by atoms with Crippen LogP contribution >= 0.6 is 11.9 Å². The fourth-order valence-electron chi connectivity index (χ4n) is 0.498. The first-order valence-corrected chi connectivity index (χ1v) is 3.47. The fraction of sp³-hybridized carbons (Fsp3) is 0.750. The third-order valence-electron chi connectivity index (χ3n) is 0.950. The number of hydrogen-bond acceptors (Lipinski definition) is 4. The summed E-state index contributed by atoms with van der Waals surface area (Å²) in [5, 5.41) is 8.38. The Morgan fingerprint density at radius 2 is 2.67 bits per heavy atom. The van der Waals surface area contributed by atoms with E-state index in [0.29, 0.717) is 5.94 Å². The van der Waals surface area contributed by atoms with Crippen molar-refractivity contribution < 1.29 is 14.6 Å². The lowest BCUT2D eigenvalue weighted by atomic mass is 10.3. The van der Waals surface area contributed by atoms with Crippen LogP contribution in [-0.2, 0) is 9.53 Å². The molecule has 0 aromatic heterocycles. The van der Waals surface area contributed by atoms with Crippen LogP contribution < -0.4 is 4.72 Å². The SMILES string of the molecule is O=C(O)C1COCSN1. The van der Waals surface area contributed by atoms with Gasteiger partial charge >= 0.3 is 5.97 Å². The molecule has 2 N–H and O–H groups in total. The highest BCUT2D eigenvalue weighted by molar-refractivity contribution is 7.97. The molecule has 0 saturated carbocycles. The van der Waals surface area contributed by atoms with Crippen LogP contribution in [0.5, 0.6) is 0 Å². The van der Waals surface area contributed by atoms with Crippen LogP contribution in [0.4, 0.5) is 0 Å². The van der Waals surface area contributed by atoms with Crippen molar-refractivity contribution in [1.29, 1.82) is 0 Å². The zero-order chi connectivity index (χ0) is 6.69. The van der Waals surface area contributed by atoms with Crippen molar-refractivity contribution in [3.8, 4) is 0 Å². The number of ether oxygens (including phenoxy) is 1. The molecule has 0 aromatic rings. The van der Waals surface area contributed by atoms with E-state index in [4.69, 9.17) is 9.84 Å². The standard InChI is InChI=1S/C4H7NO3S/c6-4(7)3-1-8-2-9-5-3/h3,5H,1-2H2,(H,6,7). The van der Waals surface area contributed by atoms with Gasteiger partial charge in [0.2, 0.25) is 0 Å². The van der Waals surface area contributed by atoms with Gasteiger partial charge in [-0.2, -0.15) is 0 Å². The molecule has 4 nitrogen and oxygen atoms in total. The van der Waals surface area contributed by atoms with Gasteiger partial charge in [-0.05, 0) is 0 Å². The van der Waals surface area contributed by atoms with Crippen molar-refractivity contribution in [1.82, 2.24) is 4.72 Å². The lowest BCUT2D eigenvalue weighted by Crippen LogP contribution is -2.40. The smallest absolute Gasteiger partial charge is 0.323 e. The summed E-state index contributed by atoms with van der Waals surface area (Å²) < 4.78 is 7.57. The Labute approximate surface area is 56.7 Å². The average molecular weight is 149 g/mol. The highest BCUT2D eigenvalue weighted by Gasteiger charge is 2.19. The fourth-order valence-corrected chi connectivity index (χ4v) is 1.12. The van der Waals surface area contributed by atoms with Crippen LogP contribution in [0.25, 0.3) is 0 Å². The minimum Gasteiger partial charge on any atom is -0.480 e. The summed E-state index contributed by atoms with van der Waals surface area (Å²) in [5.74, 6) is -0.328. The number of rotatable bonds is 1. The molecule has 0 aliphatic carbocycles. The Hall–Kier alpha value is -0.260. The monoisotopic (exact) mass is 149 g/mol. The summed E-state index contributed by atoms with van der Waals surface area (Å²) in [7, 11) is 0. The molecular formula is C4H7NO3S. The van der Waals surface area contributed by atoms with E-state index in [1.165, 1.54) is 11.9 Å². The Morgan fingerprint density at radius 3 is 3.00 bits per heavy atom. The second kappa shape index (κ2) is 3.05. The van der Waals surface area contributed by atoms with Crippen molar-refractivity contribution in [2.24, 2.45) is 0 Å². The van der Waals surface area contributed by atoms with Gasteiger partial charge in [-0.3, -0.25) is 4.79 Å². The van der Waals surface area contributed by atoms with Crippen molar-refractivity contribution >= 4 is 17.9 Å². The molecule has 0 bridgehead atoms. The van der Waals surface area contributed by atoms with E-state index in [2.05, 4.69) is 4.72 Å². The average Bonchev–Trinajstić information content (AvgIpc) is 1.90. The number of aliphatic carboxylic acids is 1. The topological polar surface area (TPSA) is 58.6 Å². The van der Waals surface area contributed by atoms with Gasteiger partial charge in [-0.25, -0.2) is 4.72 Å². The van der Waals surface area contributed by atoms with E-state index in [1.807, 2.05) is 0 Å². The first-order valence-electron chi connectivity index (χ1n) is 2.48.